The molecule has 138 valence electrons. The molecule has 6 heteroatoms. The third-order valence-corrected chi connectivity index (χ3v) is 4.19. The lowest BCUT2D eigenvalue weighted by atomic mass is 10.1. The number of hydrogen-bond donors (Lipinski definition) is 1. The molecule has 0 aliphatic carbocycles. The Kier molecular flexibility index (Phi) is 6.57. The molecule has 1 fully saturated rings. The van der Waals surface area contributed by atoms with Crippen LogP contribution in [0.4, 0.5) is 5.82 Å². The molecule has 1 aromatic carbocycles. The van der Waals surface area contributed by atoms with Gasteiger partial charge in [-0.05, 0) is 12.5 Å². The van der Waals surface area contributed by atoms with Gasteiger partial charge in [-0.3, -0.25) is 9.89 Å². The number of pyridine rings is 1. The van der Waals surface area contributed by atoms with Gasteiger partial charge >= 0.3 is 0 Å². The van der Waals surface area contributed by atoms with E-state index in [-0.39, 0.29) is 0 Å². The van der Waals surface area contributed by atoms with E-state index < -0.39 is 0 Å². The summed E-state index contributed by atoms with van der Waals surface area (Å²) >= 11 is 0. The lowest BCUT2D eigenvalue weighted by molar-refractivity contribution is 0.0322. The molecule has 3 rings (SSSR count). The van der Waals surface area contributed by atoms with Gasteiger partial charge in [-0.2, -0.15) is 0 Å². The topological polar surface area (TPSA) is 73.0 Å². The number of anilines is 1. The number of rotatable bonds is 7. The minimum absolute atomic E-state index is 0.453. The van der Waals surface area contributed by atoms with Crippen LogP contribution in [0.5, 0.6) is 5.75 Å². The number of aryl methyl sites for hydroxylation is 1. The van der Waals surface area contributed by atoms with Crippen LogP contribution in [-0.2, 0) is 11.3 Å². The zero-order chi connectivity index (χ0) is 18.2. The summed E-state index contributed by atoms with van der Waals surface area (Å²) in [6, 6.07) is 11.9. The monoisotopic (exact) mass is 354 g/mol. The largest absolute Gasteiger partial charge is 0.492 e. The maximum Gasteiger partial charge on any atom is 0.127 e. The molecule has 0 radical (unpaired) electrons. The van der Waals surface area contributed by atoms with Crippen LogP contribution in [0.15, 0.2) is 41.4 Å². The van der Waals surface area contributed by atoms with Crippen molar-refractivity contribution in [2.75, 3.05) is 45.2 Å². The maximum atomic E-state index is 5.91. The molecule has 0 amide bonds. The predicted octanol–water partition coefficient (Wildman–Crippen LogP) is 2.30. The molecule has 26 heavy (non-hydrogen) atoms. The first-order chi connectivity index (χ1) is 12.7. The fraction of sp³-hybridized carbons (Fsp3) is 0.400. The summed E-state index contributed by atoms with van der Waals surface area (Å²) in [6.07, 6.45) is 1.86. The predicted molar refractivity (Wildman–Crippen MR) is 104 cm³/mol. The van der Waals surface area contributed by atoms with Crippen LogP contribution in [0.25, 0.3) is 0 Å². The highest BCUT2D eigenvalue weighted by molar-refractivity contribution is 5.79. The molecule has 1 saturated heterocycles. The summed E-state index contributed by atoms with van der Waals surface area (Å²) in [6.45, 7) is 7.55. The van der Waals surface area contributed by atoms with E-state index in [1.54, 1.807) is 6.07 Å². The highest BCUT2D eigenvalue weighted by Crippen LogP contribution is 2.16. The number of aromatic nitrogens is 1. The summed E-state index contributed by atoms with van der Waals surface area (Å²) in [5.74, 6) is 1.20. The highest BCUT2D eigenvalue weighted by Gasteiger charge is 2.10. The Morgan fingerprint density at radius 3 is 2.92 bits per heavy atom. The average molecular weight is 354 g/mol. The molecule has 0 atom stereocenters. The molecular formula is C20H26N4O2. The maximum absolute atomic E-state index is 5.91. The van der Waals surface area contributed by atoms with Gasteiger partial charge in [0.15, 0.2) is 0 Å². The second-order valence-corrected chi connectivity index (χ2v) is 6.41. The van der Waals surface area contributed by atoms with E-state index in [2.05, 4.69) is 33.9 Å². The molecule has 0 bridgehead atoms. The van der Waals surface area contributed by atoms with E-state index in [0.29, 0.717) is 19.0 Å². The number of morpholine rings is 1. The fourth-order valence-corrected chi connectivity index (χ4v) is 2.86. The van der Waals surface area contributed by atoms with Crippen molar-refractivity contribution < 1.29 is 9.47 Å². The van der Waals surface area contributed by atoms with Gasteiger partial charge in [0.25, 0.3) is 0 Å². The molecule has 6 nitrogen and oxygen atoms in total. The lowest BCUT2D eigenvalue weighted by Gasteiger charge is -2.26. The fourth-order valence-electron chi connectivity index (χ4n) is 2.86. The quantitative estimate of drug-likeness (QED) is 0.773. The van der Waals surface area contributed by atoms with Crippen molar-refractivity contribution in [2.45, 2.75) is 13.5 Å². The van der Waals surface area contributed by atoms with Crippen LogP contribution in [-0.4, -0.2) is 55.6 Å². The highest BCUT2D eigenvalue weighted by atomic mass is 16.5. The second-order valence-electron chi connectivity index (χ2n) is 6.41. The summed E-state index contributed by atoms with van der Waals surface area (Å²) in [7, 11) is 0. The van der Waals surface area contributed by atoms with E-state index in [9.17, 15) is 0 Å². The second kappa shape index (κ2) is 9.31. The third kappa shape index (κ3) is 5.82. The first-order valence-electron chi connectivity index (χ1n) is 8.95. The Labute approximate surface area is 154 Å². The van der Waals surface area contributed by atoms with Gasteiger partial charge in [-0.15, -0.1) is 0 Å². The van der Waals surface area contributed by atoms with Gasteiger partial charge in [0.2, 0.25) is 0 Å². The number of benzene rings is 1. The van der Waals surface area contributed by atoms with Crippen molar-refractivity contribution >= 4 is 12.0 Å². The van der Waals surface area contributed by atoms with Crippen LogP contribution >= 0.6 is 0 Å². The zero-order valence-corrected chi connectivity index (χ0v) is 15.2. The Balaban J connectivity index is 1.53. The molecule has 0 saturated carbocycles. The smallest absolute Gasteiger partial charge is 0.127 e. The number of aliphatic imine (C=N–C) groups is 1. The SMILES string of the molecule is Cc1cccc(C=NCc2cc(OCCN3CCOCC3)cc(N)n2)c1. The molecule has 2 N–H and O–H groups in total. The molecule has 0 unspecified atom stereocenters. The first-order valence-corrected chi connectivity index (χ1v) is 8.95. The Bertz CT molecular complexity index is 742. The van der Waals surface area contributed by atoms with Crippen LogP contribution in [0.3, 0.4) is 0 Å². The number of nitrogens with two attached hydrogens (primary N) is 1. The first kappa shape index (κ1) is 18.4. The van der Waals surface area contributed by atoms with E-state index in [1.165, 1.54) is 5.56 Å². The van der Waals surface area contributed by atoms with Crippen LogP contribution in [0.2, 0.25) is 0 Å². The van der Waals surface area contributed by atoms with Crippen molar-refractivity contribution in [2.24, 2.45) is 4.99 Å². The van der Waals surface area contributed by atoms with Crippen molar-refractivity contribution in [3.05, 3.63) is 53.2 Å². The van der Waals surface area contributed by atoms with Gasteiger partial charge in [0, 0.05) is 38.0 Å². The Hall–Kier alpha value is -2.44. The van der Waals surface area contributed by atoms with Crippen molar-refractivity contribution in [1.29, 1.82) is 0 Å². The molecular weight excluding hydrogens is 328 g/mol. The van der Waals surface area contributed by atoms with Crippen molar-refractivity contribution in [1.82, 2.24) is 9.88 Å². The molecule has 1 aromatic heterocycles. The normalized spacial score (nSPS) is 15.4. The molecule has 1 aliphatic rings. The lowest BCUT2D eigenvalue weighted by Crippen LogP contribution is -2.38. The van der Waals surface area contributed by atoms with Crippen LogP contribution in [0, 0.1) is 6.92 Å². The van der Waals surface area contributed by atoms with Crippen molar-refractivity contribution in [3.8, 4) is 5.75 Å². The molecule has 2 heterocycles. The number of nitrogen functional groups attached to an aromatic ring is 1. The third-order valence-electron chi connectivity index (χ3n) is 4.19. The Morgan fingerprint density at radius 2 is 2.12 bits per heavy atom. The van der Waals surface area contributed by atoms with Crippen LogP contribution < -0.4 is 10.5 Å². The molecule has 2 aromatic rings. The van der Waals surface area contributed by atoms with Crippen molar-refractivity contribution in [3.63, 3.8) is 0 Å². The van der Waals surface area contributed by atoms with Gasteiger partial charge < -0.3 is 15.2 Å². The number of nitrogens with zero attached hydrogens (tertiary/aromatic N) is 3. The summed E-state index contributed by atoms with van der Waals surface area (Å²) in [5.41, 5.74) is 9.00. The molecule has 0 spiro atoms. The number of hydrogen-bond acceptors (Lipinski definition) is 6. The minimum atomic E-state index is 0.453. The summed E-state index contributed by atoms with van der Waals surface area (Å²) < 4.78 is 11.2. The van der Waals surface area contributed by atoms with Crippen LogP contribution in [0.1, 0.15) is 16.8 Å². The minimum Gasteiger partial charge on any atom is -0.492 e. The van der Waals surface area contributed by atoms with E-state index in [0.717, 1.165) is 49.9 Å². The summed E-state index contributed by atoms with van der Waals surface area (Å²) in [5, 5.41) is 0. The summed E-state index contributed by atoms with van der Waals surface area (Å²) in [4.78, 5) is 11.1. The van der Waals surface area contributed by atoms with Gasteiger partial charge in [-0.1, -0.05) is 29.8 Å². The van der Waals surface area contributed by atoms with E-state index >= 15 is 0 Å². The van der Waals surface area contributed by atoms with Gasteiger partial charge in [0.05, 0.1) is 25.5 Å². The van der Waals surface area contributed by atoms with E-state index in [4.69, 9.17) is 15.2 Å². The number of ether oxygens (including phenoxy) is 2. The standard InChI is InChI=1S/C20H26N4O2/c1-16-3-2-4-17(11-16)14-22-15-18-12-19(13-20(21)23-18)26-10-7-24-5-8-25-9-6-24/h2-4,11-14H,5-10,15H2,1H3,(H2,21,23). The zero-order valence-electron chi connectivity index (χ0n) is 15.2. The van der Waals surface area contributed by atoms with Gasteiger partial charge in [0.1, 0.15) is 18.2 Å². The average Bonchev–Trinajstić information content (AvgIpc) is 2.62. The Morgan fingerprint density at radius 1 is 1.27 bits per heavy atom. The molecule has 1 aliphatic heterocycles. The van der Waals surface area contributed by atoms with E-state index in [1.807, 2.05) is 24.4 Å². The van der Waals surface area contributed by atoms with Gasteiger partial charge in [-0.25, -0.2) is 4.98 Å².